The largest absolute Gasteiger partial charge is 0.444 e. The van der Waals surface area contributed by atoms with Gasteiger partial charge in [0.25, 0.3) is 5.91 Å². The Kier molecular flexibility index (Phi) is 4.25. The van der Waals surface area contributed by atoms with Crippen LogP contribution >= 0.6 is 0 Å². The van der Waals surface area contributed by atoms with Gasteiger partial charge in [-0.2, -0.15) is 0 Å². The van der Waals surface area contributed by atoms with E-state index in [0.717, 1.165) is 12.0 Å². The van der Waals surface area contributed by atoms with Crippen molar-refractivity contribution in [3.8, 4) is 0 Å². The number of nitrogens with one attached hydrogen (secondary N) is 2. The molecule has 0 aliphatic carbocycles. The molecule has 0 spiro atoms. The molecule has 0 radical (unpaired) electrons. The molecule has 0 unspecified atom stereocenters. The van der Waals surface area contributed by atoms with Gasteiger partial charge in [0.2, 0.25) is 0 Å². The SMILES string of the molecule is Cc1cc2n(c1)[C@@H](CCNC(=O)OC(C)(C)C)CNC2=O. The van der Waals surface area contributed by atoms with Crippen molar-refractivity contribution in [1.29, 1.82) is 0 Å². The van der Waals surface area contributed by atoms with Crippen LogP contribution in [0.5, 0.6) is 0 Å². The molecule has 1 aliphatic heterocycles. The Morgan fingerprint density at radius 3 is 2.90 bits per heavy atom. The fourth-order valence-electron chi connectivity index (χ4n) is 2.40. The average molecular weight is 293 g/mol. The predicted molar refractivity (Wildman–Crippen MR) is 79.4 cm³/mol. The van der Waals surface area contributed by atoms with Crippen LogP contribution in [-0.2, 0) is 4.74 Å². The number of hydrogen-bond donors (Lipinski definition) is 2. The maximum atomic E-state index is 11.8. The Hall–Kier alpha value is -1.98. The molecule has 1 aromatic heterocycles. The van der Waals surface area contributed by atoms with Gasteiger partial charge in [0.05, 0.1) is 6.04 Å². The van der Waals surface area contributed by atoms with Crippen LogP contribution in [-0.4, -0.2) is 35.3 Å². The number of hydrogen-bond acceptors (Lipinski definition) is 3. The topological polar surface area (TPSA) is 72.4 Å². The van der Waals surface area contributed by atoms with Crippen molar-refractivity contribution in [2.45, 2.75) is 45.8 Å². The molecule has 1 aromatic rings. The quantitative estimate of drug-likeness (QED) is 0.895. The molecule has 0 saturated heterocycles. The van der Waals surface area contributed by atoms with E-state index < -0.39 is 11.7 Å². The number of aryl methyl sites for hydroxylation is 1. The van der Waals surface area contributed by atoms with Crippen molar-refractivity contribution in [1.82, 2.24) is 15.2 Å². The number of fused-ring (bicyclic) bond motifs is 1. The normalized spacial score (nSPS) is 17.9. The van der Waals surface area contributed by atoms with Crippen LogP contribution < -0.4 is 10.6 Å². The van der Waals surface area contributed by atoms with Gasteiger partial charge in [0.1, 0.15) is 11.3 Å². The third kappa shape index (κ3) is 4.00. The number of carbonyl (C=O) groups excluding carboxylic acids is 2. The van der Waals surface area contributed by atoms with Crippen LogP contribution in [0, 0.1) is 6.92 Å². The number of aromatic nitrogens is 1. The summed E-state index contributed by atoms with van der Waals surface area (Å²) in [6, 6.07) is 2.03. The number of rotatable bonds is 3. The summed E-state index contributed by atoms with van der Waals surface area (Å²) in [5.41, 5.74) is 1.25. The molecule has 0 bridgehead atoms. The summed E-state index contributed by atoms with van der Waals surface area (Å²) < 4.78 is 7.18. The molecule has 6 nitrogen and oxygen atoms in total. The second-order valence-electron chi connectivity index (χ2n) is 6.39. The van der Waals surface area contributed by atoms with Crippen LogP contribution in [0.4, 0.5) is 4.79 Å². The summed E-state index contributed by atoms with van der Waals surface area (Å²) in [6.45, 7) is 8.55. The van der Waals surface area contributed by atoms with Crippen LogP contribution in [0.2, 0.25) is 0 Å². The zero-order valence-corrected chi connectivity index (χ0v) is 13.0. The zero-order chi connectivity index (χ0) is 15.6. The fraction of sp³-hybridized carbons (Fsp3) is 0.600. The smallest absolute Gasteiger partial charge is 0.407 e. The summed E-state index contributed by atoms with van der Waals surface area (Å²) in [5.74, 6) is -0.0422. The lowest BCUT2D eigenvalue weighted by Crippen LogP contribution is -2.40. The average Bonchev–Trinajstić information content (AvgIpc) is 2.72. The maximum Gasteiger partial charge on any atom is 0.407 e. The van der Waals surface area contributed by atoms with Gasteiger partial charge in [-0.15, -0.1) is 0 Å². The highest BCUT2D eigenvalue weighted by atomic mass is 16.6. The highest BCUT2D eigenvalue weighted by Gasteiger charge is 2.25. The van der Waals surface area contributed by atoms with E-state index in [9.17, 15) is 9.59 Å². The molecule has 1 atom stereocenters. The molecular weight excluding hydrogens is 270 g/mol. The summed E-state index contributed by atoms with van der Waals surface area (Å²) in [7, 11) is 0. The molecule has 0 saturated carbocycles. The maximum absolute atomic E-state index is 11.8. The lowest BCUT2D eigenvalue weighted by Gasteiger charge is -2.27. The molecule has 2 N–H and O–H groups in total. The van der Waals surface area contributed by atoms with E-state index in [1.54, 1.807) is 0 Å². The molecule has 0 aromatic carbocycles. The standard InChI is InChI=1S/C15H23N3O3/c1-10-7-12-13(19)17-8-11(18(12)9-10)5-6-16-14(20)21-15(2,3)4/h7,9,11H,5-6,8H2,1-4H3,(H,16,20)(H,17,19)/t11-/m0/s1. The first kappa shape index (κ1) is 15.4. The van der Waals surface area contributed by atoms with Crippen molar-refractivity contribution in [3.63, 3.8) is 0 Å². The van der Waals surface area contributed by atoms with E-state index in [0.29, 0.717) is 18.8 Å². The van der Waals surface area contributed by atoms with Crippen LogP contribution in [0.3, 0.4) is 0 Å². The Labute approximate surface area is 124 Å². The molecular formula is C15H23N3O3. The molecule has 2 heterocycles. The van der Waals surface area contributed by atoms with Crippen molar-refractivity contribution in [2.75, 3.05) is 13.1 Å². The van der Waals surface area contributed by atoms with Gasteiger partial charge in [-0.3, -0.25) is 4.79 Å². The second-order valence-corrected chi connectivity index (χ2v) is 6.39. The highest BCUT2D eigenvalue weighted by Crippen LogP contribution is 2.21. The Bertz CT molecular complexity index is 543. The third-order valence-electron chi connectivity index (χ3n) is 3.26. The minimum Gasteiger partial charge on any atom is -0.444 e. The summed E-state index contributed by atoms with van der Waals surface area (Å²) in [5, 5.41) is 5.62. The van der Waals surface area contributed by atoms with Gasteiger partial charge < -0.3 is 19.9 Å². The number of nitrogens with zero attached hydrogens (tertiary/aromatic N) is 1. The Morgan fingerprint density at radius 1 is 1.52 bits per heavy atom. The van der Waals surface area contributed by atoms with Gasteiger partial charge in [-0.25, -0.2) is 4.79 Å². The Morgan fingerprint density at radius 2 is 2.24 bits per heavy atom. The first-order chi connectivity index (χ1) is 9.76. The van der Waals surface area contributed by atoms with Gasteiger partial charge in [-0.1, -0.05) is 0 Å². The zero-order valence-electron chi connectivity index (χ0n) is 13.0. The molecule has 2 amide bonds. The predicted octanol–water partition coefficient (Wildman–Crippen LogP) is 2.00. The molecule has 116 valence electrons. The van der Waals surface area contributed by atoms with Gasteiger partial charge in [-0.05, 0) is 45.7 Å². The van der Waals surface area contributed by atoms with Crippen LogP contribution in [0.1, 0.15) is 49.3 Å². The number of carbonyl (C=O) groups is 2. The van der Waals surface area contributed by atoms with E-state index in [2.05, 4.69) is 10.6 Å². The number of alkyl carbamates (subject to hydrolysis) is 1. The summed E-state index contributed by atoms with van der Waals surface area (Å²) >= 11 is 0. The van der Waals surface area contributed by atoms with Crippen molar-refractivity contribution in [2.24, 2.45) is 0 Å². The molecule has 1 aliphatic rings. The van der Waals surface area contributed by atoms with Gasteiger partial charge >= 0.3 is 6.09 Å². The fourth-order valence-corrected chi connectivity index (χ4v) is 2.40. The van der Waals surface area contributed by atoms with E-state index in [-0.39, 0.29) is 11.9 Å². The van der Waals surface area contributed by atoms with E-state index in [4.69, 9.17) is 4.74 Å². The van der Waals surface area contributed by atoms with Crippen molar-refractivity contribution < 1.29 is 14.3 Å². The first-order valence-electron chi connectivity index (χ1n) is 7.20. The minimum atomic E-state index is -0.492. The monoisotopic (exact) mass is 293 g/mol. The van der Waals surface area contributed by atoms with Gasteiger partial charge in [0, 0.05) is 19.3 Å². The van der Waals surface area contributed by atoms with E-state index in [1.165, 1.54) is 0 Å². The summed E-state index contributed by atoms with van der Waals surface area (Å²) in [6.07, 6.45) is 2.30. The van der Waals surface area contributed by atoms with Gasteiger partial charge in [0.15, 0.2) is 0 Å². The molecule has 2 rings (SSSR count). The number of ether oxygens (including phenoxy) is 1. The molecule has 6 heteroatoms. The van der Waals surface area contributed by atoms with Crippen LogP contribution in [0.25, 0.3) is 0 Å². The van der Waals surface area contributed by atoms with E-state index >= 15 is 0 Å². The lowest BCUT2D eigenvalue weighted by molar-refractivity contribution is 0.0523. The van der Waals surface area contributed by atoms with Crippen LogP contribution in [0.15, 0.2) is 12.3 Å². The van der Waals surface area contributed by atoms with Crippen molar-refractivity contribution in [3.05, 3.63) is 23.5 Å². The highest BCUT2D eigenvalue weighted by molar-refractivity contribution is 5.93. The van der Waals surface area contributed by atoms with E-state index in [1.807, 2.05) is 44.5 Å². The minimum absolute atomic E-state index is 0.0422. The molecule has 21 heavy (non-hydrogen) atoms. The Balaban J connectivity index is 1.89. The van der Waals surface area contributed by atoms with Crippen molar-refractivity contribution >= 4 is 12.0 Å². The first-order valence-corrected chi connectivity index (χ1v) is 7.20. The molecule has 0 fully saturated rings. The second kappa shape index (κ2) is 5.79. The number of amides is 2. The lowest BCUT2D eigenvalue weighted by atomic mass is 10.1. The summed E-state index contributed by atoms with van der Waals surface area (Å²) in [4.78, 5) is 23.4. The third-order valence-corrected chi connectivity index (χ3v) is 3.26.